The summed E-state index contributed by atoms with van der Waals surface area (Å²) in [5.74, 6) is 2.06. The second kappa shape index (κ2) is 4.63. The topological polar surface area (TPSA) is 17.8 Å². The summed E-state index contributed by atoms with van der Waals surface area (Å²) in [4.78, 5) is 4.12. The molecule has 0 amide bonds. The summed E-state index contributed by atoms with van der Waals surface area (Å²) in [5.41, 5.74) is 0. The van der Waals surface area contributed by atoms with E-state index in [9.17, 15) is 0 Å². The predicted molar refractivity (Wildman–Crippen MR) is 57.0 cm³/mol. The van der Waals surface area contributed by atoms with Crippen molar-refractivity contribution in [3.8, 4) is 0 Å². The van der Waals surface area contributed by atoms with E-state index in [2.05, 4.69) is 22.7 Å². The van der Waals surface area contributed by atoms with Gasteiger partial charge in [-0.3, -0.25) is 0 Å². The Morgan fingerprint density at radius 2 is 2.21 bits per heavy atom. The molecule has 1 saturated carbocycles. The molecule has 0 N–H and O–H groups in total. The highest BCUT2D eigenvalue weighted by Crippen LogP contribution is 2.26. The van der Waals surface area contributed by atoms with E-state index in [0.717, 1.165) is 18.3 Å². The van der Waals surface area contributed by atoms with Crippen LogP contribution >= 0.6 is 0 Å². The van der Waals surface area contributed by atoms with Crippen molar-refractivity contribution >= 4 is 0 Å². The van der Waals surface area contributed by atoms with Crippen molar-refractivity contribution in [1.29, 1.82) is 0 Å². The number of aryl methyl sites for hydroxylation is 2. The van der Waals surface area contributed by atoms with Crippen molar-refractivity contribution in [3.63, 3.8) is 0 Å². The van der Waals surface area contributed by atoms with Gasteiger partial charge in [-0.2, -0.15) is 0 Å². The first-order valence-electron chi connectivity index (χ1n) is 5.76. The summed E-state index contributed by atoms with van der Waals surface area (Å²) in [6.07, 6.45) is 13.4. The summed E-state index contributed by atoms with van der Waals surface area (Å²) in [5, 5.41) is 0. The molecule has 2 rings (SSSR count). The summed E-state index contributed by atoms with van der Waals surface area (Å²) in [7, 11) is 0. The van der Waals surface area contributed by atoms with E-state index in [0.29, 0.717) is 0 Å². The lowest BCUT2D eigenvalue weighted by molar-refractivity contribution is 0.323. The van der Waals surface area contributed by atoms with Gasteiger partial charge < -0.3 is 4.57 Å². The van der Waals surface area contributed by atoms with Gasteiger partial charge in [-0.25, -0.2) is 4.98 Å². The van der Waals surface area contributed by atoms with Crippen molar-refractivity contribution in [1.82, 2.24) is 9.55 Å². The first-order chi connectivity index (χ1) is 6.86. The van der Waals surface area contributed by atoms with E-state index in [1.54, 1.807) is 0 Å². The monoisotopic (exact) mass is 191 g/mol. The molecule has 77 valence electrons. The van der Waals surface area contributed by atoms with Crippen LogP contribution < -0.4 is 0 Å². The van der Waals surface area contributed by atoms with Gasteiger partial charge in [-0.15, -0.1) is 0 Å². The third-order valence-corrected chi connectivity index (χ3v) is 3.36. The average Bonchev–Trinajstić information content (AvgIpc) is 2.63. The molecule has 0 bridgehead atoms. The van der Waals surface area contributed by atoms with Gasteiger partial charge in [0.05, 0.1) is 0 Å². The molecule has 0 atom stereocenters. The molecule has 0 unspecified atom stereocenters. The van der Waals surface area contributed by atoms with Crippen LogP contribution in [0.3, 0.4) is 0 Å². The second-order valence-corrected chi connectivity index (χ2v) is 4.40. The number of imidazole rings is 1. The van der Waals surface area contributed by atoms with E-state index in [-0.39, 0.29) is 0 Å². The zero-order valence-electron chi connectivity index (χ0n) is 9.00. The molecule has 0 spiro atoms. The molecule has 0 aromatic carbocycles. The number of nitrogens with zero attached hydrogens (tertiary/aromatic N) is 2. The Hall–Kier alpha value is -0.790. The quantitative estimate of drug-likeness (QED) is 0.718. The van der Waals surface area contributed by atoms with Gasteiger partial charge in [0.15, 0.2) is 0 Å². The summed E-state index contributed by atoms with van der Waals surface area (Å²) >= 11 is 0. The van der Waals surface area contributed by atoms with Crippen LogP contribution in [-0.2, 0) is 6.54 Å². The van der Waals surface area contributed by atoms with Gasteiger partial charge >= 0.3 is 0 Å². The zero-order valence-corrected chi connectivity index (χ0v) is 9.00. The van der Waals surface area contributed by atoms with Crippen LogP contribution in [0.25, 0.3) is 0 Å². The van der Waals surface area contributed by atoms with Gasteiger partial charge in [-0.1, -0.05) is 32.1 Å². The molecule has 1 aromatic rings. The average molecular weight is 191 g/mol. The van der Waals surface area contributed by atoms with Crippen LogP contribution in [0.15, 0.2) is 6.20 Å². The van der Waals surface area contributed by atoms with Crippen molar-refractivity contribution in [2.45, 2.75) is 52.0 Å². The molecule has 0 saturated heterocycles. The van der Waals surface area contributed by atoms with Gasteiger partial charge in [0.25, 0.3) is 0 Å². The van der Waals surface area contributed by atoms with Crippen LogP contribution in [-0.4, -0.2) is 9.55 Å². The van der Waals surface area contributed by atoms with E-state index >= 15 is 0 Å². The molecule has 14 heavy (non-hydrogen) atoms. The van der Waals surface area contributed by atoms with Crippen molar-refractivity contribution in [3.05, 3.63) is 18.2 Å². The molecule has 1 aromatic heterocycles. The Morgan fingerprint density at radius 3 is 2.86 bits per heavy atom. The summed E-state index contributed by atoms with van der Waals surface area (Å²) in [6.45, 7) is 3.18. The highest BCUT2D eigenvalue weighted by atomic mass is 15.0. The van der Waals surface area contributed by atoms with E-state index in [4.69, 9.17) is 0 Å². The molecule has 1 radical (unpaired) electrons. The Morgan fingerprint density at radius 1 is 1.43 bits per heavy atom. The van der Waals surface area contributed by atoms with Crippen LogP contribution in [0.1, 0.15) is 44.3 Å². The highest BCUT2D eigenvalue weighted by Gasteiger charge is 2.13. The zero-order chi connectivity index (χ0) is 9.80. The van der Waals surface area contributed by atoms with Gasteiger partial charge in [0.2, 0.25) is 0 Å². The first kappa shape index (κ1) is 9.75. The first-order valence-corrected chi connectivity index (χ1v) is 5.76. The Kier molecular flexibility index (Phi) is 3.22. The normalized spacial score (nSPS) is 18.6. The number of hydrogen-bond acceptors (Lipinski definition) is 1. The van der Waals surface area contributed by atoms with E-state index < -0.39 is 0 Å². The second-order valence-electron chi connectivity index (χ2n) is 4.40. The maximum atomic E-state index is 4.12. The van der Waals surface area contributed by atoms with Crippen molar-refractivity contribution in [2.24, 2.45) is 5.92 Å². The largest absolute Gasteiger partial charge is 0.334 e. The lowest BCUT2D eigenvalue weighted by atomic mass is 9.87. The van der Waals surface area contributed by atoms with E-state index in [1.807, 2.05) is 6.20 Å². The van der Waals surface area contributed by atoms with E-state index in [1.165, 1.54) is 38.5 Å². The third-order valence-electron chi connectivity index (χ3n) is 3.36. The van der Waals surface area contributed by atoms with Crippen LogP contribution in [0.2, 0.25) is 0 Å². The molecule has 1 aliphatic carbocycles. The predicted octanol–water partition coefficient (Wildman–Crippen LogP) is 2.96. The number of rotatable bonds is 3. The number of hydrogen-bond donors (Lipinski definition) is 0. The fraction of sp³-hybridized carbons (Fsp3) is 0.750. The molecule has 1 heterocycles. The molecule has 2 nitrogen and oxygen atoms in total. The van der Waals surface area contributed by atoms with Crippen molar-refractivity contribution in [2.75, 3.05) is 0 Å². The van der Waals surface area contributed by atoms with Crippen LogP contribution in [0, 0.1) is 19.0 Å². The third kappa shape index (κ3) is 2.37. The Bertz CT molecular complexity index is 272. The van der Waals surface area contributed by atoms with Crippen LogP contribution in [0.5, 0.6) is 0 Å². The fourth-order valence-electron chi connectivity index (χ4n) is 2.37. The molecular formula is C12H19N2. The Labute approximate surface area is 86.3 Å². The standard InChI is InChI=1S/C12H19N2/c1-11-13-8-10-14(11)9-7-12-5-3-2-4-6-12/h10,12H,2-7,9H2,1H3. The SMILES string of the molecule is Cc1n[c]cn1CCC1CCCCC1. The highest BCUT2D eigenvalue weighted by molar-refractivity contribution is 4.87. The summed E-state index contributed by atoms with van der Waals surface area (Å²) < 4.78 is 2.22. The maximum absolute atomic E-state index is 4.12. The Balaban J connectivity index is 1.79. The lowest BCUT2D eigenvalue weighted by Crippen LogP contribution is -2.10. The minimum atomic E-state index is 0.963. The molecule has 2 heteroatoms. The number of aromatic nitrogens is 2. The molecular weight excluding hydrogens is 172 g/mol. The van der Waals surface area contributed by atoms with Gasteiger partial charge in [0, 0.05) is 12.7 Å². The van der Waals surface area contributed by atoms with Crippen molar-refractivity contribution < 1.29 is 0 Å². The maximum Gasteiger partial charge on any atom is 0.109 e. The molecule has 1 aliphatic rings. The smallest absolute Gasteiger partial charge is 0.109 e. The molecule has 1 fully saturated rings. The minimum Gasteiger partial charge on any atom is -0.334 e. The minimum absolute atomic E-state index is 0.963. The fourth-order valence-corrected chi connectivity index (χ4v) is 2.37. The molecule has 0 aliphatic heterocycles. The van der Waals surface area contributed by atoms with Gasteiger partial charge in [0.1, 0.15) is 12.0 Å². The van der Waals surface area contributed by atoms with Gasteiger partial charge in [-0.05, 0) is 19.3 Å². The summed E-state index contributed by atoms with van der Waals surface area (Å²) in [6, 6.07) is 0. The lowest BCUT2D eigenvalue weighted by Gasteiger charge is -2.21. The van der Waals surface area contributed by atoms with Crippen LogP contribution in [0.4, 0.5) is 0 Å².